The quantitative estimate of drug-likeness (QED) is 0.723. The largest absolute Gasteiger partial charge is 0.475 e. The molecule has 5 nitrogen and oxygen atoms in total. The van der Waals surface area contributed by atoms with E-state index >= 15 is 0 Å². The smallest absolute Gasteiger partial charge is 0.192 e. The number of nitrogens with zero attached hydrogens (tertiary/aromatic N) is 2. The van der Waals surface area contributed by atoms with Crippen LogP contribution in [0.5, 0.6) is 5.75 Å². The van der Waals surface area contributed by atoms with Crippen molar-refractivity contribution in [2.45, 2.75) is 19.4 Å². The van der Waals surface area contributed by atoms with Crippen LogP contribution in [0.4, 0.5) is 14.6 Å². The molecule has 0 unspecified atom stereocenters. The number of hydrogen-bond acceptors (Lipinski definition) is 4. The molecule has 0 saturated carbocycles. The maximum atomic E-state index is 14.0. The number of nitrogen functional groups attached to an aromatic ring is 1. The highest BCUT2D eigenvalue weighted by atomic mass is 35.5. The van der Waals surface area contributed by atoms with Crippen LogP contribution in [0.3, 0.4) is 0 Å². The maximum Gasteiger partial charge on any atom is 0.192 e. The molecule has 0 fully saturated rings. The van der Waals surface area contributed by atoms with Gasteiger partial charge < -0.3 is 15.5 Å². The average molecular weight is 365 g/mol. The number of aromatic amines is 1. The monoisotopic (exact) mass is 364 g/mol. The Hall–Kier alpha value is -2.67. The van der Waals surface area contributed by atoms with Crippen molar-refractivity contribution in [3.8, 4) is 17.1 Å². The molecule has 1 aromatic carbocycles. The highest BCUT2D eigenvalue weighted by Gasteiger charge is 2.28. The van der Waals surface area contributed by atoms with Crippen molar-refractivity contribution >= 4 is 17.4 Å². The molecule has 0 atom stereocenters. The van der Waals surface area contributed by atoms with Gasteiger partial charge in [0.05, 0.1) is 11.9 Å². The van der Waals surface area contributed by atoms with Crippen LogP contribution in [0, 0.1) is 11.6 Å². The highest BCUT2D eigenvalue weighted by molar-refractivity contribution is 6.30. The molecule has 0 aliphatic carbocycles. The summed E-state index contributed by atoms with van der Waals surface area (Å²) in [5.41, 5.74) is 5.86. The summed E-state index contributed by atoms with van der Waals surface area (Å²) in [5, 5.41) is -0.0424. The van der Waals surface area contributed by atoms with E-state index in [9.17, 15) is 8.78 Å². The topological polar surface area (TPSA) is 76.8 Å². The van der Waals surface area contributed by atoms with Crippen LogP contribution >= 0.6 is 11.6 Å². The first-order chi connectivity index (χ1) is 11.8. The first kappa shape index (κ1) is 17.2. The van der Waals surface area contributed by atoms with Gasteiger partial charge in [-0.1, -0.05) is 11.6 Å². The van der Waals surface area contributed by atoms with Crippen LogP contribution in [0.25, 0.3) is 11.4 Å². The number of rotatable bonds is 4. The van der Waals surface area contributed by atoms with Crippen LogP contribution in [0.1, 0.15) is 19.5 Å². The number of anilines is 1. The van der Waals surface area contributed by atoms with Gasteiger partial charge in [-0.15, -0.1) is 0 Å². The maximum absolute atomic E-state index is 14.0. The fourth-order valence-corrected chi connectivity index (χ4v) is 2.50. The lowest BCUT2D eigenvalue weighted by molar-refractivity contribution is 0.0922. The van der Waals surface area contributed by atoms with Gasteiger partial charge in [-0.25, -0.2) is 18.7 Å². The summed E-state index contributed by atoms with van der Waals surface area (Å²) in [5.74, 6) is -1.35. The van der Waals surface area contributed by atoms with E-state index in [4.69, 9.17) is 22.1 Å². The Bertz CT molecular complexity index is 904. The molecule has 8 heteroatoms. The van der Waals surface area contributed by atoms with Crippen LogP contribution < -0.4 is 10.5 Å². The zero-order valence-corrected chi connectivity index (χ0v) is 14.2. The number of halogens is 3. The average Bonchev–Trinajstić information content (AvgIpc) is 3.02. The summed E-state index contributed by atoms with van der Waals surface area (Å²) in [6.07, 6.45) is 3.10. The van der Waals surface area contributed by atoms with Crippen LogP contribution in [0.2, 0.25) is 5.02 Å². The molecule has 0 radical (unpaired) electrons. The lowest BCUT2D eigenvalue weighted by Gasteiger charge is -2.25. The number of H-pyrrole nitrogens is 1. The van der Waals surface area contributed by atoms with Crippen molar-refractivity contribution in [2.75, 3.05) is 5.73 Å². The van der Waals surface area contributed by atoms with E-state index in [1.165, 1.54) is 6.20 Å². The Morgan fingerprint density at radius 3 is 2.48 bits per heavy atom. The zero-order valence-electron chi connectivity index (χ0n) is 13.5. The van der Waals surface area contributed by atoms with Gasteiger partial charge >= 0.3 is 0 Å². The van der Waals surface area contributed by atoms with Gasteiger partial charge in [0.15, 0.2) is 17.4 Å². The van der Waals surface area contributed by atoms with Gasteiger partial charge in [-0.05, 0) is 38.1 Å². The van der Waals surface area contributed by atoms with Crippen LogP contribution in [-0.4, -0.2) is 15.0 Å². The molecule has 0 aliphatic heterocycles. The second-order valence-corrected chi connectivity index (χ2v) is 6.36. The summed E-state index contributed by atoms with van der Waals surface area (Å²) in [6, 6.07) is 5.39. The number of ether oxygens (including phenoxy) is 1. The normalized spacial score (nSPS) is 11.6. The summed E-state index contributed by atoms with van der Waals surface area (Å²) in [4.78, 5) is 11.3. The van der Waals surface area contributed by atoms with Crippen LogP contribution in [-0.2, 0) is 5.60 Å². The minimum atomic E-state index is -1.07. The summed E-state index contributed by atoms with van der Waals surface area (Å²) < 4.78 is 33.5. The van der Waals surface area contributed by atoms with Gasteiger partial charge in [0.25, 0.3) is 0 Å². The predicted molar refractivity (Wildman–Crippen MR) is 91.3 cm³/mol. The molecule has 3 N–H and O–H groups in total. The first-order valence-corrected chi connectivity index (χ1v) is 7.75. The molecule has 130 valence electrons. The van der Waals surface area contributed by atoms with Crippen molar-refractivity contribution in [1.82, 2.24) is 15.0 Å². The molecular weight excluding hydrogens is 350 g/mol. The zero-order chi connectivity index (χ0) is 18.2. The third-order valence-corrected chi connectivity index (χ3v) is 3.82. The predicted octanol–water partition coefficient (Wildman–Crippen LogP) is 4.30. The standard InChI is InChI=1S/C17H15ClF2N4O/c1-17(2,25-15-11(19)6-10(18)7-12(15)20)13-8-23-16(24-13)9-3-4-22-14(21)5-9/h3-8H,1-2H3,(H2,21,22)(H,23,24). The van der Waals surface area contributed by atoms with E-state index in [0.29, 0.717) is 17.3 Å². The number of imidazole rings is 1. The van der Waals surface area contributed by atoms with Crippen molar-refractivity contribution < 1.29 is 13.5 Å². The molecule has 2 aromatic heterocycles. The van der Waals surface area contributed by atoms with Gasteiger partial charge in [0, 0.05) is 16.8 Å². The number of pyridine rings is 1. The second kappa shape index (κ2) is 6.33. The third kappa shape index (κ3) is 3.56. The van der Waals surface area contributed by atoms with E-state index in [0.717, 1.165) is 17.7 Å². The Labute approximate surface area is 147 Å². The lowest BCUT2D eigenvalue weighted by atomic mass is 10.1. The van der Waals surface area contributed by atoms with Crippen molar-refractivity contribution in [3.05, 3.63) is 59.0 Å². The van der Waals surface area contributed by atoms with Gasteiger partial charge in [-0.2, -0.15) is 0 Å². The molecule has 0 saturated heterocycles. The molecule has 2 heterocycles. The van der Waals surface area contributed by atoms with Gasteiger partial charge in [-0.3, -0.25) is 0 Å². The summed E-state index contributed by atoms with van der Waals surface area (Å²) in [6.45, 7) is 3.33. The molecule has 0 amide bonds. The Balaban J connectivity index is 1.91. The molecule has 0 bridgehead atoms. The minimum Gasteiger partial charge on any atom is -0.475 e. The van der Waals surface area contributed by atoms with E-state index in [-0.39, 0.29) is 5.02 Å². The first-order valence-electron chi connectivity index (χ1n) is 7.37. The number of nitrogens with two attached hydrogens (primary N) is 1. The fraction of sp³-hybridized carbons (Fsp3) is 0.176. The number of nitrogens with one attached hydrogen (secondary N) is 1. The van der Waals surface area contributed by atoms with Crippen molar-refractivity contribution in [3.63, 3.8) is 0 Å². The molecule has 3 aromatic rings. The van der Waals surface area contributed by atoms with Crippen LogP contribution in [0.15, 0.2) is 36.7 Å². The van der Waals surface area contributed by atoms with E-state index in [2.05, 4.69) is 15.0 Å². The Morgan fingerprint density at radius 2 is 1.84 bits per heavy atom. The minimum absolute atomic E-state index is 0.0424. The Morgan fingerprint density at radius 1 is 1.16 bits per heavy atom. The number of aromatic nitrogens is 3. The van der Waals surface area contributed by atoms with E-state index in [1.54, 1.807) is 32.2 Å². The number of benzene rings is 1. The molecule has 25 heavy (non-hydrogen) atoms. The second-order valence-electron chi connectivity index (χ2n) is 5.93. The fourth-order valence-electron chi connectivity index (χ4n) is 2.31. The molecule has 3 rings (SSSR count). The molecular formula is C17H15ClF2N4O. The molecule has 0 aliphatic rings. The summed E-state index contributed by atoms with van der Waals surface area (Å²) >= 11 is 5.63. The van der Waals surface area contributed by atoms with Crippen molar-refractivity contribution in [2.24, 2.45) is 0 Å². The van der Waals surface area contributed by atoms with Gasteiger partial charge in [0.1, 0.15) is 17.2 Å². The lowest BCUT2D eigenvalue weighted by Crippen LogP contribution is -2.26. The summed E-state index contributed by atoms with van der Waals surface area (Å²) in [7, 11) is 0. The van der Waals surface area contributed by atoms with Crippen molar-refractivity contribution in [1.29, 1.82) is 0 Å². The van der Waals surface area contributed by atoms with E-state index < -0.39 is 23.0 Å². The third-order valence-electron chi connectivity index (χ3n) is 3.60. The van der Waals surface area contributed by atoms with E-state index in [1.807, 2.05) is 0 Å². The Kier molecular flexibility index (Phi) is 4.34. The SMILES string of the molecule is CC(C)(Oc1c(F)cc(Cl)cc1F)c1cnc(-c2ccnc(N)c2)[nH]1. The van der Waals surface area contributed by atoms with Gasteiger partial charge in [0.2, 0.25) is 0 Å². The highest BCUT2D eigenvalue weighted by Crippen LogP contribution is 2.33. The number of hydrogen-bond donors (Lipinski definition) is 2. The molecule has 0 spiro atoms.